The number of aromatic nitrogens is 1. The van der Waals surface area contributed by atoms with Gasteiger partial charge in [0.25, 0.3) is 0 Å². The number of hydrogen-bond donors (Lipinski definition) is 1. The monoisotopic (exact) mass is 270 g/mol. The number of aryl methyl sites for hydroxylation is 1. The van der Waals surface area contributed by atoms with Gasteiger partial charge in [0.2, 0.25) is 0 Å². The minimum absolute atomic E-state index is 0.259. The van der Waals surface area contributed by atoms with Crippen molar-refractivity contribution in [3.05, 3.63) is 58.9 Å². The quantitative estimate of drug-likeness (QED) is 0.906. The summed E-state index contributed by atoms with van der Waals surface area (Å²) >= 11 is 0. The molecule has 0 saturated carbocycles. The van der Waals surface area contributed by atoms with Crippen LogP contribution in [0.15, 0.2) is 36.5 Å². The molecule has 0 fully saturated rings. The summed E-state index contributed by atoms with van der Waals surface area (Å²) < 4.78 is 5.48. The average Bonchev–Trinajstić information content (AvgIpc) is 2.48. The predicted molar refractivity (Wildman–Crippen MR) is 82.2 cm³/mol. The SMILES string of the molecule is CNC(Cc1ncc(C)c(OC)c1C)c1ccccc1. The first-order valence-corrected chi connectivity index (χ1v) is 6.88. The molecule has 106 valence electrons. The zero-order valence-electron chi connectivity index (χ0n) is 12.6. The van der Waals surface area contributed by atoms with Crippen LogP contribution in [-0.4, -0.2) is 19.1 Å². The van der Waals surface area contributed by atoms with Crippen molar-refractivity contribution < 1.29 is 4.74 Å². The van der Waals surface area contributed by atoms with Crippen molar-refractivity contribution >= 4 is 0 Å². The Balaban J connectivity index is 2.29. The molecule has 3 nitrogen and oxygen atoms in total. The third-order valence-corrected chi connectivity index (χ3v) is 3.70. The highest BCUT2D eigenvalue weighted by Gasteiger charge is 2.15. The highest BCUT2D eigenvalue weighted by molar-refractivity contribution is 5.41. The summed E-state index contributed by atoms with van der Waals surface area (Å²) in [6, 6.07) is 10.7. The van der Waals surface area contributed by atoms with Crippen LogP contribution in [0.4, 0.5) is 0 Å². The maximum Gasteiger partial charge on any atom is 0.128 e. The Kier molecular flexibility index (Phi) is 4.74. The molecule has 2 rings (SSSR count). The van der Waals surface area contributed by atoms with E-state index in [0.29, 0.717) is 0 Å². The van der Waals surface area contributed by atoms with E-state index in [9.17, 15) is 0 Å². The molecule has 0 amide bonds. The lowest BCUT2D eigenvalue weighted by atomic mass is 9.99. The van der Waals surface area contributed by atoms with E-state index in [1.807, 2.05) is 26.2 Å². The van der Waals surface area contributed by atoms with Crippen LogP contribution in [0.3, 0.4) is 0 Å². The molecule has 2 aromatic rings. The molecule has 0 bridgehead atoms. The van der Waals surface area contributed by atoms with Crippen molar-refractivity contribution in [3.8, 4) is 5.75 Å². The first-order valence-electron chi connectivity index (χ1n) is 6.88. The molecule has 20 heavy (non-hydrogen) atoms. The van der Waals surface area contributed by atoms with Crippen LogP contribution >= 0.6 is 0 Å². The zero-order chi connectivity index (χ0) is 14.5. The number of hydrogen-bond acceptors (Lipinski definition) is 3. The molecular formula is C17H22N2O. The number of benzene rings is 1. The summed E-state index contributed by atoms with van der Waals surface area (Å²) in [5.74, 6) is 0.943. The molecular weight excluding hydrogens is 248 g/mol. The van der Waals surface area contributed by atoms with Crippen molar-refractivity contribution in [2.75, 3.05) is 14.2 Å². The van der Waals surface area contributed by atoms with Gasteiger partial charge in [0.05, 0.1) is 7.11 Å². The summed E-state index contributed by atoms with van der Waals surface area (Å²) in [6.45, 7) is 4.10. The summed E-state index contributed by atoms with van der Waals surface area (Å²) in [6.07, 6.45) is 2.74. The molecule has 1 atom stereocenters. The number of pyridine rings is 1. The number of nitrogens with one attached hydrogen (secondary N) is 1. The minimum Gasteiger partial charge on any atom is -0.496 e. The fourth-order valence-corrected chi connectivity index (χ4v) is 2.54. The number of ether oxygens (including phenoxy) is 1. The van der Waals surface area contributed by atoms with Crippen molar-refractivity contribution in [1.29, 1.82) is 0 Å². The Morgan fingerprint density at radius 2 is 1.90 bits per heavy atom. The van der Waals surface area contributed by atoms with E-state index < -0.39 is 0 Å². The molecule has 1 aromatic carbocycles. The van der Waals surface area contributed by atoms with Crippen molar-refractivity contribution in [2.45, 2.75) is 26.3 Å². The van der Waals surface area contributed by atoms with Crippen LogP contribution in [0.2, 0.25) is 0 Å². The Hall–Kier alpha value is -1.87. The Labute approximate surface area is 121 Å². The minimum atomic E-state index is 0.259. The van der Waals surface area contributed by atoms with Gasteiger partial charge in [-0.1, -0.05) is 30.3 Å². The average molecular weight is 270 g/mol. The molecule has 0 aliphatic carbocycles. The first kappa shape index (κ1) is 14.5. The predicted octanol–water partition coefficient (Wildman–Crippen LogP) is 3.21. The molecule has 1 unspecified atom stereocenters. The van der Waals surface area contributed by atoms with Gasteiger partial charge < -0.3 is 10.1 Å². The van der Waals surface area contributed by atoms with Gasteiger partial charge in [-0.3, -0.25) is 4.98 Å². The van der Waals surface area contributed by atoms with Crippen LogP contribution < -0.4 is 10.1 Å². The fourth-order valence-electron chi connectivity index (χ4n) is 2.54. The zero-order valence-corrected chi connectivity index (χ0v) is 12.6. The largest absolute Gasteiger partial charge is 0.496 e. The summed E-state index contributed by atoms with van der Waals surface area (Å²) in [5, 5.41) is 3.37. The molecule has 0 aliphatic heterocycles. The fraction of sp³-hybridized carbons (Fsp3) is 0.353. The number of methoxy groups -OCH3 is 1. The highest BCUT2D eigenvalue weighted by Crippen LogP contribution is 2.27. The van der Waals surface area contributed by atoms with Crippen molar-refractivity contribution in [1.82, 2.24) is 10.3 Å². The standard InChI is InChI=1S/C17H22N2O/c1-12-11-19-15(13(2)17(12)20-4)10-16(18-3)14-8-6-5-7-9-14/h5-9,11,16,18H,10H2,1-4H3. The first-order chi connectivity index (χ1) is 9.67. The van der Waals surface area contributed by atoms with Gasteiger partial charge >= 0.3 is 0 Å². The lowest BCUT2D eigenvalue weighted by Gasteiger charge is -2.19. The van der Waals surface area contributed by atoms with E-state index in [2.05, 4.69) is 41.5 Å². The third kappa shape index (κ3) is 2.99. The van der Waals surface area contributed by atoms with Crippen LogP contribution in [0, 0.1) is 13.8 Å². The number of rotatable bonds is 5. The molecule has 0 aliphatic rings. The van der Waals surface area contributed by atoms with Gasteiger partial charge in [0, 0.05) is 35.5 Å². The second kappa shape index (κ2) is 6.53. The number of likely N-dealkylation sites (N-methyl/N-ethyl adjacent to an activating group) is 1. The van der Waals surface area contributed by atoms with Crippen LogP contribution in [-0.2, 0) is 6.42 Å². The second-order valence-electron chi connectivity index (χ2n) is 5.00. The van der Waals surface area contributed by atoms with E-state index in [-0.39, 0.29) is 6.04 Å². The van der Waals surface area contributed by atoms with Gasteiger partial charge in [-0.25, -0.2) is 0 Å². The van der Waals surface area contributed by atoms with Crippen LogP contribution in [0.25, 0.3) is 0 Å². The highest BCUT2D eigenvalue weighted by atomic mass is 16.5. The van der Waals surface area contributed by atoms with Crippen molar-refractivity contribution in [2.24, 2.45) is 0 Å². The van der Waals surface area contributed by atoms with Gasteiger partial charge in [-0.15, -0.1) is 0 Å². The number of nitrogens with zero attached hydrogens (tertiary/aromatic N) is 1. The van der Waals surface area contributed by atoms with E-state index in [1.54, 1.807) is 7.11 Å². The molecule has 0 saturated heterocycles. The Morgan fingerprint density at radius 3 is 2.50 bits per heavy atom. The van der Waals surface area contributed by atoms with Gasteiger partial charge in [-0.2, -0.15) is 0 Å². The van der Waals surface area contributed by atoms with E-state index in [1.165, 1.54) is 5.56 Å². The third-order valence-electron chi connectivity index (χ3n) is 3.70. The Morgan fingerprint density at radius 1 is 1.20 bits per heavy atom. The lowest BCUT2D eigenvalue weighted by Crippen LogP contribution is -2.20. The molecule has 0 spiro atoms. The maximum absolute atomic E-state index is 5.48. The van der Waals surface area contributed by atoms with E-state index in [0.717, 1.165) is 29.0 Å². The molecule has 0 radical (unpaired) electrons. The molecule has 1 aromatic heterocycles. The molecule has 1 heterocycles. The summed E-state index contributed by atoms with van der Waals surface area (Å²) in [5.41, 5.74) is 4.56. The van der Waals surface area contributed by atoms with Crippen molar-refractivity contribution in [3.63, 3.8) is 0 Å². The smallest absolute Gasteiger partial charge is 0.128 e. The summed E-state index contributed by atoms with van der Waals surface area (Å²) in [7, 11) is 3.70. The van der Waals surface area contributed by atoms with Crippen LogP contribution in [0.5, 0.6) is 5.75 Å². The van der Waals surface area contributed by atoms with Gasteiger partial charge in [0.15, 0.2) is 0 Å². The molecule has 3 heteroatoms. The lowest BCUT2D eigenvalue weighted by molar-refractivity contribution is 0.406. The van der Waals surface area contributed by atoms with E-state index in [4.69, 9.17) is 4.74 Å². The summed E-state index contributed by atoms with van der Waals surface area (Å²) in [4.78, 5) is 4.58. The topological polar surface area (TPSA) is 34.2 Å². The van der Waals surface area contributed by atoms with Gasteiger partial charge in [-0.05, 0) is 26.5 Å². The van der Waals surface area contributed by atoms with Crippen LogP contribution in [0.1, 0.15) is 28.4 Å². The normalized spacial score (nSPS) is 12.2. The van der Waals surface area contributed by atoms with E-state index >= 15 is 0 Å². The van der Waals surface area contributed by atoms with Gasteiger partial charge in [0.1, 0.15) is 5.75 Å². The Bertz CT molecular complexity index is 567. The second-order valence-corrected chi connectivity index (χ2v) is 5.00. The molecule has 1 N–H and O–H groups in total. The maximum atomic E-state index is 5.48.